The molecular formula is C14H22N2O3. The summed E-state index contributed by atoms with van der Waals surface area (Å²) < 4.78 is 10.7. The predicted molar refractivity (Wildman–Crippen MR) is 76.1 cm³/mol. The molecule has 0 bridgehead atoms. The monoisotopic (exact) mass is 266 g/mol. The second-order valence-corrected chi connectivity index (χ2v) is 3.90. The van der Waals surface area contributed by atoms with Crippen LogP contribution >= 0.6 is 0 Å². The Labute approximate surface area is 114 Å². The van der Waals surface area contributed by atoms with Gasteiger partial charge >= 0.3 is 6.03 Å². The van der Waals surface area contributed by atoms with Crippen molar-refractivity contribution in [2.75, 3.05) is 32.1 Å². The molecule has 0 radical (unpaired) electrons. The number of amides is 2. The van der Waals surface area contributed by atoms with Crippen molar-refractivity contribution in [2.45, 2.75) is 20.8 Å². The van der Waals surface area contributed by atoms with Crippen LogP contribution in [0.1, 0.15) is 20.8 Å². The molecule has 5 heteroatoms. The lowest BCUT2D eigenvalue weighted by molar-refractivity contribution is 0.217. The van der Waals surface area contributed by atoms with Crippen molar-refractivity contribution in [3.8, 4) is 11.5 Å². The summed E-state index contributed by atoms with van der Waals surface area (Å²) >= 11 is 0. The molecule has 1 aromatic carbocycles. The normalized spacial score (nSPS) is 9.89. The summed E-state index contributed by atoms with van der Waals surface area (Å²) in [5, 5.41) is 2.85. The molecular weight excluding hydrogens is 244 g/mol. The maximum atomic E-state index is 11.9. The maximum absolute atomic E-state index is 11.9. The van der Waals surface area contributed by atoms with Gasteiger partial charge in [0.2, 0.25) is 0 Å². The molecule has 0 heterocycles. The average molecular weight is 266 g/mol. The van der Waals surface area contributed by atoms with E-state index in [1.54, 1.807) is 30.2 Å². The number of carbonyl (C=O) groups is 1. The van der Waals surface area contributed by atoms with Crippen LogP contribution in [-0.2, 0) is 0 Å². The highest BCUT2D eigenvalue weighted by Gasteiger charge is 2.11. The van der Waals surface area contributed by atoms with Gasteiger partial charge in [-0.05, 0) is 32.9 Å². The van der Waals surface area contributed by atoms with E-state index in [1.807, 2.05) is 20.8 Å². The highest BCUT2D eigenvalue weighted by molar-refractivity contribution is 5.89. The standard InChI is InChI=1S/C14H22N2O3/c1-5-16(6-2)14(17)15-11-8-9-12(18-4)13(10-11)19-7-3/h8-10H,5-7H2,1-4H3,(H,15,17). The van der Waals surface area contributed by atoms with Crippen molar-refractivity contribution >= 4 is 11.7 Å². The topological polar surface area (TPSA) is 50.8 Å². The fourth-order valence-electron chi connectivity index (χ4n) is 1.74. The van der Waals surface area contributed by atoms with Crippen LogP contribution in [0.5, 0.6) is 11.5 Å². The van der Waals surface area contributed by atoms with Crippen molar-refractivity contribution in [2.24, 2.45) is 0 Å². The van der Waals surface area contributed by atoms with Crippen molar-refractivity contribution in [3.05, 3.63) is 18.2 Å². The molecule has 1 aromatic rings. The summed E-state index contributed by atoms with van der Waals surface area (Å²) in [7, 11) is 1.59. The fourth-order valence-corrected chi connectivity index (χ4v) is 1.74. The zero-order valence-corrected chi connectivity index (χ0v) is 12.0. The molecule has 0 saturated heterocycles. The minimum atomic E-state index is -0.113. The lowest BCUT2D eigenvalue weighted by Crippen LogP contribution is -2.34. The number of hydrogen-bond donors (Lipinski definition) is 1. The summed E-state index contributed by atoms with van der Waals surface area (Å²) in [6.07, 6.45) is 0. The Kier molecular flexibility index (Phi) is 5.99. The molecule has 0 unspecified atom stereocenters. The third-order valence-electron chi connectivity index (χ3n) is 2.77. The summed E-state index contributed by atoms with van der Waals surface area (Å²) in [4.78, 5) is 13.7. The quantitative estimate of drug-likeness (QED) is 0.861. The molecule has 19 heavy (non-hydrogen) atoms. The molecule has 0 fully saturated rings. The van der Waals surface area contributed by atoms with Crippen molar-refractivity contribution in [1.82, 2.24) is 4.90 Å². The molecule has 5 nitrogen and oxygen atoms in total. The number of urea groups is 1. The van der Waals surface area contributed by atoms with Gasteiger partial charge in [0, 0.05) is 24.8 Å². The number of rotatable bonds is 6. The number of nitrogens with zero attached hydrogens (tertiary/aromatic N) is 1. The first-order valence-electron chi connectivity index (χ1n) is 6.52. The minimum absolute atomic E-state index is 0.113. The number of ether oxygens (including phenoxy) is 2. The lowest BCUT2D eigenvalue weighted by atomic mass is 10.2. The molecule has 0 aromatic heterocycles. The van der Waals surface area contributed by atoms with Crippen LogP contribution in [0.2, 0.25) is 0 Å². The first-order valence-corrected chi connectivity index (χ1v) is 6.52. The van der Waals surface area contributed by atoms with Gasteiger partial charge in [0.05, 0.1) is 13.7 Å². The number of methoxy groups -OCH3 is 1. The number of benzene rings is 1. The second kappa shape index (κ2) is 7.51. The van der Waals surface area contributed by atoms with Crippen LogP contribution in [0.3, 0.4) is 0 Å². The smallest absolute Gasteiger partial charge is 0.321 e. The zero-order valence-electron chi connectivity index (χ0n) is 12.0. The molecule has 0 atom stereocenters. The fraction of sp³-hybridized carbons (Fsp3) is 0.500. The van der Waals surface area contributed by atoms with Gasteiger partial charge in [-0.25, -0.2) is 4.79 Å². The van der Waals surface area contributed by atoms with Gasteiger partial charge in [0.1, 0.15) is 0 Å². The molecule has 0 aliphatic heterocycles. The van der Waals surface area contributed by atoms with Crippen LogP contribution in [0.25, 0.3) is 0 Å². The Morgan fingerprint density at radius 1 is 1.21 bits per heavy atom. The molecule has 1 N–H and O–H groups in total. The van der Waals surface area contributed by atoms with Crippen molar-refractivity contribution < 1.29 is 14.3 Å². The van der Waals surface area contributed by atoms with E-state index in [1.165, 1.54) is 0 Å². The molecule has 2 amide bonds. The molecule has 106 valence electrons. The maximum Gasteiger partial charge on any atom is 0.321 e. The van der Waals surface area contributed by atoms with E-state index < -0.39 is 0 Å². The number of nitrogens with one attached hydrogen (secondary N) is 1. The predicted octanol–water partition coefficient (Wildman–Crippen LogP) is 2.97. The molecule has 1 rings (SSSR count). The molecule has 0 aliphatic rings. The molecule has 0 aliphatic carbocycles. The van der Waals surface area contributed by atoms with Crippen LogP contribution < -0.4 is 14.8 Å². The summed E-state index contributed by atoms with van der Waals surface area (Å²) in [6.45, 7) is 7.70. The van der Waals surface area contributed by atoms with Gasteiger partial charge in [-0.1, -0.05) is 0 Å². The van der Waals surface area contributed by atoms with Crippen LogP contribution in [0, 0.1) is 0 Å². The van der Waals surface area contributed by atoms with E-state index >= 15 is 0 Å². The van der Waals surface area contributed by atoms with E-state index in [9.17, 15) is 4.79 Å². The van der Waals surface area contributed by atoms with E-state index in [4.69, 9.17) is 9.47 Å². The Hall–Kier alpha value is -1.91. The van der Waals surface area contributed by atoms with Gasteiger partial charge < -0.3 is 19.7 Å². The van der Waals surface area contributed by atoms with Gasteiger partial charge in [0.25, 0.3) is 0 Å². The minimum Gasteiger partial charge on any atom is -0.493 e. The van der Waals surface area contributed by atoms with E-state index in [0.29, 0.717) is 36.9 Å². The highest BCUT2D eigenvalue weighted by Crippen LogP contribution is 2.30. The van der Waals surface area contributed by atoms with E-state index in [2.05, 4.69) is 5.32 Å². The Morgan fingerprint density at radius 3 is 2.42 bits per heavy atom. The van der Waals surface area contributed by atoms with Crippen molar-refractivity contribution in [1.29, 1.82) is 0 Å². The van der Waals surface area contributed by atoms with Crippen LogP contribution in [0.4, 0.5) is 10.5 Å². The van der Waals surface area contributed by atoms with Crippen LogP contribution in [-0.4, -0.2) is 37.7 Å². The van der Waals surface area contributed by atoms with E-state index in [-0.39, 0.29) is 6.03 Å². The SMILES string of the molecule is CCOc1cc(NC(=O)N(CC)CC)ccc1OC. The van der Waals surface area contributed by atoms with Gasteiger partial charge in [-0.3, -0.25) is 0 Å². The van der Waals surface area contributed by atoms with Crippen molar-refractivity contribution in [3.63, 3.8) is 0 Å². The largest absolute Gasteiger partial charge is 0.493 e. The summed E-state index contributed by atoms with van der Waals surface area (Å²) in [6, 6.07) is 5.23. The Balaban J connectivity index is 2.84. The average Bonchev–Trinajstić information content (AvgIpc) is 2.41. The third-order valence-corrected chi connectivity index (χ3v) is 2.77. The van der Waals surface area contributed by atoms with Gasteiger partial charge in [-0.2, -0.15) is 0 Å². The summed E-state index contributed by atoms with van der Waals surface area (Å²) in [5.74, 6) is 1.28. The first-order chi connectivity index (χ1) is 9.15. The Morgan fingerprint density at radius 2 is 1.89 bits per heavy atom. The van der Waals surface area contributed by atoms with Gasteiger partial charge in [0.15, 0.2) is 11.5 Å². The highest BCUT2D eigenvalue weighted by atomic mass is 16.5. The number of anilines is 1. The molecule has 0 spiro atoms. The van der Waals surface area contributed by atoms with E-state index in [0.717, 1.165) is 0 Å². The van der Waals surface area contributed by atoms with Crippen LogP contribution in [0.15, 0.2) is 18.2 Å². The second-order valence-electron chi connectivity index (χ2n) is 3.90. The first kappa shape index (κ1) is 15.1. The molecule has 0 saturated carbocycles. The number of carbonyl (C=O) groups excluding carboxylic acids is 1. The Bertz CT molecular complexity index is 417. The van der Waals surface area contributed by atoms with Gasteiger partial charge in [-0.15, -0.1) is 0 Å². The number of hydrogen-bond acceptors (Lipinski definition) is 3. The zero-order chi connectivity index (χ0) is 14.3. The summed E-state index contributed by atoms with van der Waals surface area (Å²) in [5.41, 5.74) is 0.696. The lowest BCUT2D eigenvalue weighted by Gasteiger charge is -2.19. The third kappa shape index (κ3) is 4.05.